The molecule has 2 nitrogen and oxygen atoms in total. The summed E-state index contributed by atoms with van der Waals surface area (Å²) in [5.74, 6) is 0.378. The smallest absolute Gasteiger partial charge is 0.192 e. The highest BCUT2D eigenvalue weighted by molar-refractivity contribution is 6.74. The second-order valence-corrected chi connectivity index (χ2v) is 12.4. The van der Waals surface area contributed by atoms with E-state index in [2.05, 4.69) is 60.4 Å². The van der Waals surface area contributed by atoms with Crippen LogP contribution in [-0.2, 0) is 4.43 Å². The molecule has 0 N–H and O–H groups in total. The summed E-state index contributed by atoms with van der Waals surface area (Å²) in [7, 11) is -1.81. The molecule has 0 aromatic carbocycles. The zero-order valence-corrected chi connectivity index (χ0v) is 15.1. The fourth-order valence-electron chi connectivity index (χ4n) is 2.30. The fraction of sp³-hybridized carbons (Fsp3) is 0.706. The van der Waals surface area contributed by atoms with Gasteiger partial charge in [0.05, 0.1) is 12.2 Å². The number of hydrogen-bond acceptors (Lipinski definition) is 2. The van der Waals surface area contributed by atoms with Crippen molar-refractivity contribution in [3.63, 3.8) is 0 Å². The van der Waals surface area contributed by atoms with E-state index in [0.29, 0.717) is 5.92 Å². The molecule has 0 spiro atoms. The van der Waals surface area contributed by atoms with Gasteiger partial charge in [-0.25, -0.2) is 0 Å². The van der Waals surface area contributed by atoms with Crippen molar-refractivity contribution < 1.29 is 4.43 Å². The van der Waals surface area contributed by atoms with E-state index in [9.17, 15) is 5.26 Å². The largest absolute Gasteiger partial charge is 0.410 e. The molecule has 0 aliphatic heterocycles. The molecule has 0 saturated heterocycles. The minimum atomic E-state index is -1.81. The van der Waals surface area contributed by atoms with Gasteiger partial charge in [-0.3, -0.25) is 0 Å². The maximum absolute atomic E-state index is 9.36. The summed E-state index contributed by atoms with van der Waals surface area (Å²) in [6.45, 7) is 19.5. The maximum Gasteiger partial charge on any atom is 0.192 e. The molecule has 0 amide bonds. The lowest BCUT2D eigenvalue weighted by Crippen LogP contribution is -2.45. The second-order valence-electron chi connectivity index (χ2n) is 7.62. The van der Waals surface area contributed by atoms with Crippen LogP contribution in [0.15, 0.2) is 23.3 Å². The Hall–Kier alpha value is -0.853. The van der Waals surface area contributed by atoms with E-state index in [1.54, 1.807) is 0 Å². The summed E-state index contributed by atoms with van der Waals surface area (Å²) in [6, 6.07) is 2.37. The Labute approximate surface area is 125 Å². The van der Waals surface area contributed by atoms with Crippen LogP contribution in [-0.4, -0.2) is 14.4 Å². The summed E-state index contributed by atoms with van der Waals surface area (Å²) in [5, 5.41) is 9.55. The van der Waals surface area contributed by atoms with Crippen molar-refractivity contribution >= 4 is 8.32 Å². The molecule has 0 heterocycles. The number of nitrogens with zero attached hydrogens (tertiary/aromatic N) is 1. The standard InChI is InChI=1S/C17H29NOSi/c1-12(2)14-9-15(11-18)13(3)16(10-14)19-20(7,8)17(4,5)6/h14,16H,1,9-10H2,2-8H3/t14-,16?/m1/s1. The van der Waals surface area contributed by atoms with E-state index in [0.717, 1.165) is 29.6 Å². The van der Waals surface area contributed by atoms with Gasteiger partial charge in [-0.05, 0) is 56.3 Å². The number of rotatable bonds is 3. The van der Waals surface area contributed by atoms with Crippen LogP contribution in [0.25, 0.3) is 0 Å². The first-order valence-electron chi connectivity index (χ1n) is 7.42. The molecule has 0 radical (unpaired) electrons. The molecule has 112 valence electrons. The van der Waals surface area contributed by atoms with Crippen molar-refractivity contribution in [3.05, 3.63) is 23.3 Å². The van der Waals surface area contributed by atoms with E-state index < -0.39 is 8.32 Å². The Kier molecular flexibility index (Phi) is 5.05. The minimum absolute atomic E-state index is 0.0843. The Morgan fingerprint density at radius 3 is 2.35 bits per heavy atom. The van der Waals surface area contributed by atoms with Gasteiger partial charge in [-0.2, -0.15) is 5.26 Å². The third kappa shape index (κ3) is 3.62. The summed E-state index contributed by atoms with van der Waals surface area (Å²) < 4.78 is 6.56. The Morgan fingerprint density at radius 1 is 1.40 bits per heavy atom. The Morgan fingerprint density at radius 2 is 1.95 bits per heavy atom. The van der Waals surface area contributed by atoms with Crippen molar-refractivity contribution in [2.75, 3.05) is 0 Å². The lowest BCUT2D eigenvalue weighted by molar-refractivity contribution is 0.178. The van der Waals surface area contributed by atoms with Crippen molar-refractivity contribution in [1.82, 2.24) is 0 Å². The van der Waals surface area contributed by atoms with Crippen molar-refractivity contribution in [3.8, 4) is 6.07 Å². The van der Waals surface area contributed by atoms with E-state index in [1.165, 1.54) is 0 Å². The molecule has 0 aromatic rings. The molecule has 1 aliphatic rings. The van der Waals surface area contributed by atoms with E-state index >= 15 is 0 Å². The van der Waals surface area contributed by atoms with Crippen LogP contribution >= 0.6 is 0 Å². The zero-order chi connectivity index (χ0) is 15.7. The van der Waals surface area contributed by atoms with E-state index in [-0.39, 0.29) is 11.1 Å². The van der Waals surface area contributed by atoms with Crippen molar-refractivity contribution in [2.45, 2.75) is 71.7 Å². The van der Waals surface area contributed by atoms with Crippen molar-refractivity contribution in [1.29, 1.82) is 5.26 Å². The van der Waals surface area contributed by atoms with Crippen LogP contribution in [0.4, 0.5) is 0 Å². The number of allylic oxidation sites excluding steroid dienone is 2. The highest BCUT2D eigenvalue weighted by Gasteiger charge is 2.41. The predicted octanol–water partition coefficient (Wildman–Crippen LogP) is 5.20. The van der Waals surface area contributed by atoms with Gasteiger partial charge in [0.2, 0.25) is 0 Å². The summed E-state index contributed by atoms with van der Waals surface area (Å²) in [4.78, 5) is 0. The first-order chi connectivity index (χ1) is 8.99. The highest BCUT2D eigenvalue weighted by Crippen LogP contribution is 2.41. The van der Waals surface area contributed by atoms with Crippen LogP contribution in [0.2, 0.25) is 18.1 Å². The molecule has 2 atom stereocenters. The molecule has 0 bridgehead atoms. The molecule has 20 heavy (non-hydrogen) atoms. The molecule has 3 heteroatoms. The fourth-order valence-corrected chi connectivity index (χ4v) is 3.64. The third-order valence-electron chi connectivity index (χ3n) is 4.98. The maximum atomic E-state index is 9.36. The molecular weight excluding hydrogens is 262 g/mol. The monoisotopic (exact) mass is 291 g/mol. The number of hydrogen-bond donors (Lipinski definition) is 0. The average molecular weight is 292 g/mol. The summed E-state index contributed by atoms with van der Waals surface area (Å²) in [5.41, 5.74) is 3.19. The van der Waals surface area contributed by atoms with Gasteiger partial charge < -0.3 is 4.43 Å². The summed E-state index contributed by atoms with van der Waals surface area (Å²) >= 11 is 0. The molecule has 0 saturated carbocycles. The second kappa shape index (κ2) is 5.87. The summed E-state index contributed by atoms with van der Waals surface area (Å²) in [6.07, 6.45) is 1.88. The van der Waals surface area contributed by atoms with Crippen LogP contribution in [0.3, 0.4) is 0 Å². The van der Waals surface area contributed by atoms with Gasteiger partial charge in [0.1, 0.15) is 0 Å². The average Bonchev–Trinajstić information content (AvgIpc) is 2.29. The normalized spacial score (nSPS) is 24.5. The minimum Gasteiger partial charge on any atom is -0.410 e. The topological polar surface area (TPSA) is 33.0 Å². The van der Waals surface area contributed by atoms with Gasteiger partial charge in [0.25, 0.3) is 0 Å². The molecule has 0 fully saturated rings. The van der Waals surface area contributed by atoms with Crippen LogP contribution in [0.1, 0.15) is 47.5 Å². The zero-order valence-electron chi connectivity index (χ0n) is 14.1. The number of nitriles is 1. The van der Waals surface area contributed by atoms with Gasteiger partial charge >= 0.3 is 0 Å². The quantitative estimate of drug-likeness (QED) is 0.528. The molecule has 1 rings (SSSR count). The van der Waals surface area contributed by atoms with Crippen LogP contribution < -0.4 is 0 Å². The molecule has 1 aliphatic carbocycles. The van der Waals surface area contributed by atoms with Gasteiger partial charge in [-0.15, -0.1) is 0 Å². The van der Waals surface area contributed by atoms with Crippen LogP contribution in [0.5, 0.6) is 0 Å². The first kappa shape index (κ1) is 17.2. The van der Waals surface area contributed by atoms with Crippen LogP contribution in [0, 0.1) is 17.2 Å². The van der Waals surface area contributed by atoms with Gasteiger partial charge in [0, 0.05) is 5.57 Å². The van der Waals surface area contributed by atoms with E-state index in [1.807, 2.05) is 0 Å². The third-order valence-corrected chi connectivity index (χ3v) is 9.47. The lowest BCUT2D eigenvalue weighted by atomic mass is 9.80. The molecule has 1 unspecified atom stereocenters. The van der Waals surface area contributed by atoms with Gasteiger partial charge in [0.15, 0.2) is 8.32 Å². The lowest BCUT2D eigenvalue weighted by Gasteiger charge is -2.42. The molecular formula is C17H29NOSi. The van der Waals surface area contributed by atoms with Gasteiger partial charge in [-0.1, -0.05) is 32.9 Å². The SMILES string of the molecule is C=C(C)[C@@H]1CC(C#N)=C(C)C(O[Si](C)(C)C(C)(C)C)C1. The van der Waals surface area contributed by atoms with Crippen molar-refractivity contribution in [2.24, 2.45) is 5.92 Å². The Bertz CT molecular complexity index is 462. The molecule has 0 aromatic heterocycles. The Balaban J connectivity index is 3.04. The first-order valence-corrected chi connectivity index (χ1v) is 10.3. The van der Waals surface area contributed by atoms with E-state index in [4.69, 9.17) is 4.43 Å². The highest BCUT2D eigenvalue weighted by atomic mass is 28.4. The predicted molar refractivity (Wildman–Crippen MR) is 87.9 cm³/mol.